The van der Waals surface area contributed by atoms with E-state index in [1.54, 1.807) is 13.3 Å². The summed E-state index contributed by atoms with van der Waals surface area (Å²) in [4.78, 5) is 0. The van der Waals surface area contributed by atoms with Crippen LogP contribution in [0.5, 0.6) is 5.75 Å². The van der Waals surface area contributed by atoms with Crippen molar-refractivity contribution in [1.29, 1.82) is 0 Å². The molecule has 6 heteroatoms. The van der Waals surface area contributed by atoms with Gasteiger partial charge in [0.1, 0.15) is 11.3 Å². The molecule has 106 valence electrons. The van der Waals surface area contributed by atoms with Gasteiger partial charge in [0.05, 0.1) is 24.5 Å². The maximum absolute atomic E-state index is 6.07. The maximum atomic E-state index is 6.07. The van der Waals surface area contributed by atoms with Gasteiger partial charge in [-0.25, -0.2) is 0 Å². The van der Waals surface area contributed by atoms with Gasteiger partial charge in [-0.2, -0.15) is 5.10 Å². The lowest BCUT2D eigenvalue weighted by molar-refractivity contribution is 0.00578. The van der Waals surface area contributed by atoms with E-state index in [0.29, 0.717) is 0 Å². The number of hydrogen-bond donors (Lipinski definition) is 1. The standard InChI is InChI=1S/C14H19BN2O3/c1-13(2)14(3,4)20-15(19-13)10-6-9-8-16-17-12(9)11(7-10)18-5/h6-8H,1-5H3,(H,16,17). The lowest BCUT2D eigenvalue weighted by Crippen LogP contribution is -2.41. The second kappa shape index (κ2) is 4.23. The van der Waals surface area contributed by atoms with E-state index in [1.807, 2.05) is 39.8 Å². The SMILES string of the molecule is COc1cc(B2OC(C)(C)C(C)(C)O2)cc2cn[nH]c12. The summed E-state index contributed by atoms with van der Waals surface area (Å²) in [7, 11) is 1.25. The highest BCUT2D eigenvalue weighted by Crippen LogP contribution is 2.37. The molecule has 3 rings (SSSR count). The molecule has 0 spiro atoms. The van der Waals surface area contributed by atoms with Gasteiger partial charge in [-0.15, -0.1) is 0 Å². The summed E-state index contributed by atoms with van der Waals surface area (Å²) in [6, 6.07) is 3.95. The molecule has 0 aliphatic carbocycles. The Bertz CT molecular complexity index is 635. The minimum atomic E-state index is -0.395. The quantitative estimate of drug-likeness (QED) is 0.849. The van der Waals surface area contributed by atoms with Crippen LogP contribution in [-0.2, 0) is 9.31 Å². The van der Waals surface area contributed by atoms with Gasteiger partial charge in [-0.05, 0) is 39.2 Å². The molecule has 0 unspecified atom stereocenters. The van der Waals surface area contributed by atoms with Crippen molar-refractivity contribution < 1.29 is 14.0 Å². The van der Waals surface area contributed by atoms with E-state index in [-0.39, 0.29) is 11.2 Å². The Morgan fingerprint density at radius 3 is 2.40 bits per heavy atom. The maximum Gasteiger partial charge on any atom is 0.494 e. The zero-order chi connectivity index (χ0) is 14.5. The smallest absolute Gasteiger partial charge is 0.494 e. The number of H-pyrrole nitrogens is 1. The molecular formula is C14H19BN2O3. The summed E-state index contributed by atoms with van der Waals surface area (Å²) in [5.74, 6) is 0.740. The topological polar surface area (TPSA) is 56.4 Å². The summed E-state index contributed by atoms with van der Waals surface area (Å²) >= 11 is 0. The Morgan fingerprint density at radius 2 is 1.80 bits per heavy atom. The zero-order valence-corrected chi connectivity index (χ0v) is 12.5. The molecule has 1 fully saturated rings. The monoisotopic (exact) mass is 274 g/mol. The first-order valence-corrected chi connectivity index (χ1v) is 6.71. The number of aromatic amines is 1. The van der Waals surface area contributed by atoms with Gasteiger partial charge in [0.25, 0.3) is 0 Å². The van der Waals surface area contributed by atoms with Crippen LogP contribution in [0.15, 0.2) is 18.3 Å². The summed E-state index contributed by atoms with van der Waals surface area (Å²) in [5.41, 5.74) is 1.12. The van der Waals surface area contributed by atoms with Crippen LogP contribution in [0.3, 0.4) is 0 Å². The molecule has 0 saturated carbocycles. The van der Waals surface area contributed by atoms with Gasteiger partial charge < -0.3 is 14.0 Å². The number of hydrogen-bond acceptors (Lipinski definition) is 4. The molecule has 1 aromatic carbocycles. The van der Waals surface area contributed by atoms with Crippen molar-refractivity contribution in [2.24, 2.45) is 0 Å². The van der Waals surface area contributed by atoms with E-state index >= 15 is 0 Å². The molecule has 1 saturated heterocycles. The van der Waals surface area contributed by atoms with E-state index < -0.39 is 7.12 Å². The van der Waals surface area contributed by atoms with Crippen LogP contribution in [0.2, 0.25) is 0 Å². The first kappa shape index (κ1) is 13.5. The summed E-state index contributed by atoms with van der Waals surface area (Å²) in [6.45, 7) is 8.17. The van der Waals surface area contributed by atoms with Gasteiger partial charge >= 0.3 is 7.12 Å². The molecule has 0 bridgehead atoms. The lowest BCUT2D eigenvalue weighted by Gasteiger charge is -2.32. The third kappa shape index (κ3) is 1.91. The highest BCUT2D eigenvalue weighted by Gasteiger charge is 2.51. The minimum absolute atomic E-state index is 0.351. The fourth-order valence-electron chi connectivity index (χ4n) is 2.32. The number of nitrogens with zero attached hydrogens (tertiary/aromatic N) is 1. The van der Waals surface area contributed by atoms with E-state index in [1.165, 1.54) is 0 Å². The normalized spacial score (nSPS) is 20.6. The van der Waals surface area contributed by atoms with Crippen molar-refractivity contribution in [2.45, 2.75) is 38.9 Å². The molecule has 5 nitrogen and oxygen atoms in total. The van der Waals surface area contributed by atoms with Crippen molar-refractivity contribution in [3.63, 3.8) is 0 Å². The molecule has 2 heterocycles. The van der Waals surface area contributed by atoms with E-state index in [2.05, 4.69) is 10.2 Å². The van der Waals surface area contributed by atoms with Crippen LogP contribution in [0, 0.1) is 0 Å². The Hall–Kier alpha value is -1.53. The molecule has 1 aliphatic heterocycles. The number of ether oxygens (including phenoxy) is 1. The molecule has 1 N–H and O–H groups in total. The predicted octanol–water partition coefficient (Wildman–Crippen LogP) is 1.87. The van der Waals surface area contributed by atoms with Crippen LogP contribution < -0.4 is 10.2 Å². The second-order valence-electron chi connectivity index (χ2n) is 6.15. The van der Waals surface area contributed by atoms with Crippen LogP contribution in [0.1, 0.15) is 27.7 Å². The van der Waals surface area contributed by atoms with E-state index in [0.717, 1.165) is 22.1 Å². The van der Waals surface area contributed by atoms with Crippen molar-refractivity contribution >= 4 is 23.5 Å². The van der Waals surface area contributed by atoms with Crippen LogP contribution in [0.4, 0.5) is 0 Å². The second-order valence-corrected chi connectivity index (χ2v) is 6.15. The average molecular weight is 274 g/mol. The number of rotatable bonds is 2. The highest BCUT2D eigenvalue weighted by molar-refractivity contribution is 6.62. The molecule has 2 aromatic rings. The summed E-state index contributed by atoms with van der Waals surface area (Å²) < 4.78 is 17.5. The van der Waals surface area contributed by atoms with Crippen LogP contribution in [0.25, 0.3) is 10.9 Å². The third-order valence-corrected chi connectivity index (χ3v) is 4.28. The fraction of sp³-hybridized carbons (Fsp3) is 0.500. The Morgan fingerprint density at radius 1 is 1.15 bits per heavy atom. The van der Waals surface area contributed by atoms with Crippen molar-refractivity contribution in [3.8, 4) is 5.75 Å². The molecule has 0 atom stereocenters. The highest BCUT2D eigenvalue weighted by atomic mass is 16.7. The average Bonchev–Trinajstić information content (AvgIpc) is 2.91. The van der Waals surface area contributed by atoms with Gasteiger partial charge in [-0.1, -0.05) is 6.07 Å². The summed E-state index contributed by atoms with van der Waals surface area (Å²) in [6.07, 6.45) is 1.77. The van der Waals surface area contributed by atoms with Gasteiger partial charge in [-0.3, -0.25) is 5.10 Å². The van der Waals surface area contributed by atoms with Crippen molar-refractivity contribution in [1.82, 2.24) is 10.2 Å². The molecule has 1 aliphatic rings. The number of fused-ring (bicyclic) bond motifs is 1. The molecule has 1 aromatic heterocycles. The first-order chi connectivity index (χ1) is 9.34. The number of aromatic nitrogens is 2. The van der Waals surface area contributed by atoms with Crippen molar-refractivity contribution in [2.75, 3.05) is 7.11 Å². The van der Waals surface area contributed by atoms with Crippen molar-refractivity contribution in [3.05, 3.63) is 18.3 Å². The first-order valence-electron chi connectivity index (χ1n) is 6.71. The van der Waals surface area contributed by atoms with Gasteiger partial charge in [0, 0.05) is 5.39 Å². The number of benzene rings is 1. The largest absolute Gasteiger partial charge is 0.495 e. The Labute approximate surface area is 118 Å². The Balaban J connectivity index is 2.03. The van der Waals surface area contributed by atoms with Crippen LogP contribution in [-0.4, -0.2) is 35.6 Å². The summed E-state index contributed by atoms with van der Waals surface area (Å²) in [5, 5.41) is 7.96. The Kier molecular flexibility index (Phi) is 2.85. The third-order valence-electron chi connectivity index (χ3n) is 4.28. The fourth-order valence-corrected chi connectivity index (χ4v) is 2.32. The number of nitrogens with one attached hydrogen (secondary N) is 1. The van der Waals surface area contributed by atoms with Gasteiger partial charge in [0.15, 0.2) is 0 Å². The van der Waals surface area contributed by atoms with Crippen LogP contribution >= 0.6 is 0 Å². The number of methoxy groups -OCH3 is 1. The molecule has 0 radical (unpaired) electrons. The minimum Gasteiger partial charge on any atom is -0.495 e. The predicted molar refractivity (Wildman–Crippen MR) is 78.4 cm³/mol. The molecule has 20 heavy (non-hydrogen) atoms. The van der Waals surface area contributed by atoms with E-state index in [4.69, 9.17) is 14.0 Å². The molecule has 0 amide bonds. The van der Waals surface area contributed by atoms with Gasteiger partial charge in [0.2, 0.25) is 0 Å². The molecular weight excluding hydrogens is 255 g/mol. The zero-order valence-electron chi connectivity index (χ0n) is 12.5. The lowest BCUT2D eigenvalue weighted by atomic mass is 9.78. The van der Waals surface area contributed by atoms with E-state index in [9.17, 15) is 0 Å².